The second-order valence-electron chi connectivity index (χ2n) is 4.93. The highest BCUT2D eigenvalue weighted by atomic mass is 19.4. The Labute approximate surface area is 129 Å². The Morgan fingerprint density at radius 1 is 1.26 bits per heavy atom. The van der Waals surface area contributed by atoms with Gasteiger partial charge in [-0.1, -0.05) is 12.1 Å². The van der Waals surface area contributed by atoms with Crippen molar-refractivity contribution in [1.29, 1.82) is 0 Å². The number of nitrogens with one attached hydrogen (secondary N) is 1. The van der Waals surface area contributed by atoms with Crippen molar-refractivity contribution < 1.29 is 18.1 Å². The lowest BCUT2D eigenvalue weighted by molar-refractivity contribution is -0.384. The van der Waals surface area contributed by atoms with Crippen LogP contribution in [-0.4, -0.2) is 14.9 Å². The van der Waals surface area contributed by atoms with Gasteiger partial charge in [-0.15, -0.1) is 0 Å². The maximum atomic E-state index is 12.8. The largest absolute Gasteiger partial charge is 0.433 e. The van der Waals surface area contributed by atoms with Crippen LogP contribution < -0.4 is 5.32 Å². The average molecular weight is 326 g/mol. The van der Waals surface area contributed by atoms with E-state index in [4.69, 9.17) is 0 Å². The van der Waals surface area contributed by atoms with Crippen LogP contribution in [0.2, 0.25) is 0 Å². The predicted octanol–water partition coefficient (Wildman–Crippen LogP) is 3.89. The molecule has 0 amide bonds. The number of nitro groups is 1. The second kappa shape index (κ2) is 6.19. The number of nitrogens with zero attached hydrogens (tertiary/aromatic N) is 3. The van der Waals surface area contributed by atoms with Crippen LogP contribution in [0.3, 0.4) is 0 Å². The quantitative estimate of drug-likeness (QED) is 0.681. The van der Waals surface area contributed by atoms with Crippen LogP contribution in [0.15, 0.2) is 30.3 Å². The van der Waals surface area contributed by atoms with Crippen LogP contribution in [0.25, 0.3) is 0 Å². The number of aromatic nitrogens is 2. The molecule has 1 N–H and O–H groups in total. The topological polar surface area (TPSA) is 81.0 Å². The predicted molar refractivity (Wildman–Crippen MR) is 76.9 cm³/mol. The summed E-state index contributed by atoms with van der Waals surface area (Å²) in [6, 6.07) is 6.16. The Morgan fingerprint density at radius 3 is 2.57 bits per heavy atom. The molecule has 1 aromatic carbocycles. The summed E-state index contributed by atoms with van der Waals surface area (Å²) in [6.45, 7) is 3.08. The van der Waals surface area contributed by atoms with Crippen molar-refractivity contribution in [3.8, 4) is 0 Å². The molecule has 0 saturated heterocycles. The van der Waals surface area contributed by atoms with E-state index in [0.717, 1.165) is 6.07 Å². The number of non-ortho nitro benzene ring substituents is 1. The zero-order valence-electron chi connectivity index (χ0n) is 12.3. The maximum Gasteiger partial charge on any atom is 0.433 e. The van der Waals surface area contributed by atoms with Gasteiger partial charge in [-0.2, -0.15) is 13.2 Å². The van der Waals surface area contributed by atoms with Crippen LogP contribution in [0.1, 0.15) is 29.9 Å². The Morgan fingerprint density at radius 2 is 1.96 bits per heavy atom. The molecule has 0 aliphatic rings. The number of nitro benzene ring substituents is 1. The molecule has 122 valence electrons. The highest BCUT2D eigenvalue weighted by Gasteiger charge is 2.33. The number of hydrogen-bond acceptors (Lipinski definition) is 5. The molecule has 0 fully saturated rings. The van der Waals surface area contributed by atoms with Crippen molar-refractivity contribution in [2.24, 2.45) is 0 Å². The molecule has 0 radical (unpaired) electrons. The number of aryl methyl sites for hydroxylation is 1. The van der Waals surface area contributed by atoms with E-state index in [9.17, 15) is 23.3 Å². The molecule has 0 bridgehead atoms. The molecule has 0 aliphatic carbocycles. The van der Waals surface area contributed by atoms with E-state index in [1.165, 1.54) is 25.1 Å². The molecule has 1 unspecified atom stereocenters. The minimum Gasteiger partial charge on any atom is -0.348 e. The summed E-state index contributed by atoms with van der Waals surface area (Å²) < 4.78 is 38.3. The molecule has 1 aromatic heterocycles. The van der Waals surface area contributed by atoms with Gasteiger partial charge in [0, 0.05) is 17.8 Å². The lowest BCUT2D eigenvalue weighted by Crippen LogP contribution is -2.15. The third-order valence-corrected chi connectivity index (χ3v) is 3.07. The summed E-state index contributed by atoms with van der Waals surface area (Å²) >= 11 is 0. The van der Waals surface area contributed by atoms with Crippen LogP contribution >= 0.6 is 0 Å². The van der Waals surface area contributed by atoms with E-state index in [-0.39, 0.29) is 17.3 Å². The fourth-order valence-corrected chi connectivity index (χ4v) is 1.96. The molecular formula is C14H13F3N4O2. The van der Waals surface area contributed by atoms with Gasteiger partial charge in [0.05, 0.1) is 11.0 Å². The maximum absolute atomic E-state index is 12.8. The van der Waals surface area contributed by atoms with Gasteiger partial charge in [-0.25, -0.2) is 9.97 Å². The van der Waals surface area contributed by atoms with Gasteiger partial charge in [0.2, 0.25) is 5.95 Å². The number of hydrogen-bond donors (Lipinski definition) is 1. The summed E-state index contributed by atoms with van der Waals surface area (Å²) in [5.74, 6) is -0.184. The summed E-state index contributed by atoms with van der Waals surface area (Å²) in [4.78, 5) is 17.6. The molecule has 23 heavy (non-hydrogen) atoms. The zero-order chi connectivity index (χ0) is 17.2. The first kappa shape index (κ1) is 16.7. The van der Waals surface area contributed by atoms with E-state index >= 15 is 0 Å². The fraction of sp³-hybridized carbons (Fsp3) is 0.286. The number of anilines is 1. The summed E-state index contributed by atoms with van der Waals surface area (Å²) in [5.41, 5.74) is -0.435. The molecule has 1 heterocycles. The molecule has 1 atom stereocenters. The third kappa shape index (κ3) is 4.15. The van der Waals surface area contributed by atoms with Gasteiger partial charge in [-0.05, 0) is 25.5 Å². The van der Waals surface area contributed by atoms with Gasteiger partial charge in [0.25, 0.3) is 5.69 Å². The van der Waals surface area contributed by atoms with Gasteiger partial charge in [-0.3, -0.25) is 10.1 Å². The lowest BCUT2D eigenvalue weighted by Gasteiger charge is -2.15. The Balaban J connectivity index is 2.27. The summed E-state index contributed by atoms with van der Waals surface area (Å²) in [6.07, 6.45) is -4.57. The SMILES string of the molecule is Cc1cc(C(F)(F)F)nc(NC(C)c2cccc([N+](=O)[O-])c2)n1. The molecule has 0 saturated carbocycles. The number of rotatable bonds is 4. The van der Waals surface area contributed by atoms with Gasteiger partial charge < -0.3 is 5.32 Å². The van der Waals surface area contributed by atoms with Gasteiger partial charge in [0.1, 0.15) is 5.69 Å². The molecule has 2 rings (SSSR count). The standard InChI is InChI=1S/C14H13F3N4O2/c1-8-6-12(14(15,16)17)20-13(18-8)19-9(2)10-4-3-5-11(7-10)21(22)23/h3-7,9H,1-2H3,(H,18,19,20). The third-order valence-electron chi connectivity index (χ3n) is 3.07. The number of alkyl halides is 3. The number of halogens is 3. The van der Waals surface area contributed by atoms with Crippen molar-refractivity contribution in [3.05, 3.63) is 57.4 Å². The van der Waals surface area contributed by atoms with Crippen molar-refractivity contribution >= 4 is 11.6 Å². The first-order valence-electron chi connectivity index (χ1n) is 6.60. The smallest absolute Gasteiger partial charge is 0.348 e. The van der Waals surface area contributed by atoms with Crippen LogP contribution in [0.5, 0.6) is 0 Å². The van der Waals surface area contributed by atoms with Gasteiger partial charge >= 0.3 is 6.18 Å². The highest BCUT2D eigenvalue weighted by Crippen LogP contribution is 2.29. The first-order valence-corrected chi connectivity index (χ1v) is 6.60. The minimum absolute atomic E-state index is 0.0997. The van der Waals surface area contributed by atoms with Crippen molar-refractivity contribution in [2.45, 2.75) is 26.1 Å². The molecule has 0 aliphatic heterocycles. The monoisotopic (exact) mass is 326 g/mol. The van der Waals surface area contributed by atoms with Crippen molar-refractivity contribution in [2.75, 3.05) is 5.32 Å². The summed E-state index contributed by atoms with van der Waals surface area (Å²) in [7, 11) is 0. The second-order valence-corrected chi connectivity index (χ2v) is 4.93. The van der Waals surface area contributed by atoms with E-state index in [2.05, 4.69) is 15.3 Å². The molecule has 9 heteroatoms. The van der Waals surface area contributed by atoms with Crippen molar-refractivity contribution in [3.63, 3.8) is 0 Å². The van der Waals surface area contributed by atoms with Gasteiger partial charge in [0.15, 0.2) is 0 Å². The normalized spacial score (nSPS) is 12.7. The van der Waals surface area contributed by atoms with Crippen LogP contribution in [-0.2, 0) is 6.18 Å². The Hall–Kier alpha value is -2.71. The van der Waals surface area contributed by atoms with E-state index in [0.29, 0.717) is 5.56 Å². The van der Waals surface area contributed by atoms with Crippen molar-refractivity contribution in [1.82, 2.24) is 9.97 Å². The first-order chi connectivity index (χ1) is 10.7. The fourth-order valence-electron chi connectivity index (χ4n) is 1.96. The van der Waals surface area contributed by atoms with Crippen LogP contribution in [0.4, 0.5) is 24.8 Å². The van der Waals surface area contributed by atoms with Crippen LogP contribution in [0, 0.1) is 17.0 Å². The summed E-state index contributed by atoms with van der Waals surface area (Å²) in [5, 5.41) is 13.5. The molecule has 0 spiro atoms. The number of benzene rings is 1. The average Bonchev–Trinajstić information content (AvgIpc) is 2.45. The van der Waals surface area contributed by atoms with E-state index < -0.39 is 22.8 Å². The highest BCUT2D eigenvalue weighted by molar-refractivity contribution is 5.39. The molecular weight excluding hydrogens is 313 g/mol. The van der Waals surface area contributed by atoms with E-state index in [1.54, 1.807) is 13.0 Å². The Bertz CT molecular complexity index is 734. The Kier molecular flexibility index (Phi) is 4.48. The minimum atomic E-state index is -4.57. The molecule has 2 aromatic rings. The molecule has 6 nitrogen and oxygen atoms in total. The zero-order valence-corrected chi connectivity index (χ0v) is 12.3. The van der Waals surface area contributed by atoms with E-state index in [1.807, 2.05) is 0 Å². The lowest BCUT2D eigenvalue weighted by atomic mass is 10.1.